The highest BCUT2D eigenvalue weighted by Crippen LogP contribution is 2.26. The summed E-state index contributed by atoms with van der Waals surface area (Å²) in [5.41, 5.74) is 1.73. The average Bonchev–Trinajstić information content (AvgIpc) is 3.17. The molecule has 3 aromatic rings. The van der Waals surface area contributed by atoms with Gasteiger partial charge < -0.3 is 14.5 Å². The Labute approximate surface area is 169 Å². The van der Waals surface area contributed by atoms with Crippen LogP contribution in [-0.2, 0) is 4.79 Å². The molecular weight excluding hydrogens is 370 g/mol. The first-order valence-corrected chi connectivity index (χ1v) is 9.63. The Morgan fingerprint density at radius 3 is 2.55 bits per heavy atom. The van der Waals surface area contributed by atoms with Gasteiger partial charge in [-0.25, -0.2) is 9.97 Å². The molecule has 0 bridgehead atoms. The first-order valence-electron chi connectivity index (χ1n) is 9.63. The van der Waals surface area contributed by atoms with E-state index in [1.165, 1.54) is 6.33 Å². The van der Waals surface area contributed by atoms with Gasteiger partial charge in [0.2, 0.25) is 5.91 Å². The van der Waals surface area contributed by atoms with Crippen molar-refractivity contribution in [2.45, 2.75) is 20.8 Å². The Balaban J connectivity index is 1.60. The molecule has 2 aromatic heterocycles. The van der Waals surface area contributed by atoms with E-state index in [1.54, 1.807) is 11.8 Å². The summed E-state index contributed by atoms with van der Waals surface area (Å²) < 4.78 is 6.99. The van der Waals surface area contributed by atoms with Crippen LogP contribution < -0.4 is 9.64 Å². The molecule has 1 fully saturated rings. The Bertz CT molecular complexity index is 1030. The zero-order valence-corrected chi connectivity index (χ0v) is 17.2. The number of anilines is 1. The largest absolute Gasteiger partial charge is 0.497 e. The van der Waals surface area contributed by atoms with Crippen LogP contribution in [-0.4, -0.2) is 69.1 Å². The van der Waals surface area contributed by atoms with E-state index in [0.29, 0.717) is 37.3 Å². The highest BCUT2D eigenvalue weighted by Gasteiger charge is 2.30. The third-order valence-electron chi connectivity index (χ3n) is 5.02. The zero-order chi connectivity index (χ0) is 20.6. The Hall–Kier alpha value is -3.23. The molecule has 1 saturated heterocycles. The molecule has 0 saturated carbocycles. The first-order chi connectivity index (χ1) is 13.9. The van der Waals surface area contributed by atoms with Crippen molar-refractivity contribution in [1.82, 2.24) is 29.9 Å². The predicted molar refractivity (Wildman–Crippen MR) is 109 cm³/mol. The molecule has 0 spiro atoms. The highest BCUT2D eigenvalue weighted by atomic mass is 16.5. The monoisotopic (exact) mass is 395 g/mol. The fourth-order valence-corrected chi connectivity index (χ4v) is 3.48. The SMILES string of the molecule is COc1cccc(-n2nnc3c(N4CCN(C(=O)C(C)(C)C)CC4)ncnc32)c1. The molecular formula is C20H25N7O2. The summed E-state index contributed by atoms with van der Waals surface area (Å²) in [6.07, 6.45) is 1.53. The minimum absolute atomic E-state index is 0.175. The van der Waals surface area contributed by atoms with E-state index in [2.05, 4.69) is 25.2 Å². The molecule has 0 N–H and O–H groups in total. The lowest BCUT2D eigenvalue weighted by Gasteiger charge is -2.38. The zero-order valence-electron chi connectivity index (χ0n) is 17.2. The number of hydrogen-bond donors (Lipinski definition) is 0. The molecule has 1 aliphatic rings. The summed E-state index contributed by atoms with van der Waals surface area (Å²) in [4.78, 5) is 25.5. The van der Waals surface area contributed by atoms with Gasteiger partial charge in [-0.05, 0) is 12.1 Å². The lowest BCUT2D eigenvalue weighted by molar-refractivity contribution is -0.139. The van der Waals surface area contributed by atoms with Gasteiger partial charge in [0.05, 0.1) is 12.8 Å². The lowest BCUT2D eigenvalue weighted by Crippen LogP contribution is -2.51. The fourth-order valence-electron chi connectivity index (χ4n) is 3.48. The van der Waals surface area contributed by atoms with E-state index in [0.717, 1.165) is 17.3 Å². The molecule has 3 heterocycles. The summed E-state index contributed by atoms with van der Waals surface area (Å²) >= 11 is 0. The van der Waals surface area contributed by atoms with Crippen molar-refractivity contribution in [3.05, 3.63) is 30.6 Å². The predicted octanol–water partition coefficient (Wildman–Crippen LogP) is 1.91. The van der Waals surface area contributed by atoms with Crippen LogP contribution in [0.25, 0.3) is 16.9 Å². The second-order valence-electron chi connectivity index (χ2n) is 8.10. The van der Waals surface area contributed by atoms with Crippen LogP contribution >= 0.6 is 0 Å². The Morgan fingerprint density at radius 1 is 1.10 bits per heavy atom. The van der Waals surface area contributed by atoms with Gasteiger partial charge in [-0.2, -0.15) is 4.68 Å². The van der Waals surface area contributed by atoms with Gasteiger partial charge in [-0.3, -0.25) is 4.79 Å². The molecule has 9 heteroatoms. The van der Waals surface area contributed by atoms with Crippen LogP contribution in [0.4, 0.5) is 5.82 Å². The number of benzene rings is 1. The molecule has 1 aliphatic heterocycles. The minimum Gasteiger partial charge on any atom is -0.497 e. The molecule has 4 rings (SSSR count). The number of amides is 1. The summed E-state index contributed by atoms with van der Waals surface area (Å²) in [5.74, 6) is 1.65. The second kappa shape index (κ2) is 7.31. The number of methoxy groups -OCH3 is 1. The molecule has 152 valence electrons. The van der Waals surface area contributed by atoms with Crippen LogP contribution in [0.2, 0.25) is 0 Å². The standard InChI is InChI=1S/C20H25N7O2/c1-20(2,3)19(28)26-10-8-25(9-11-26)17-16-18(22-13-21-17)27(24-23-16)14-6-5-7-15(12-14)29-4/h5-7,12-13H,8-11H2,1-4H3. The lowest BCUT2D eigenvalue weighted by atomic mass is 9.94. The topological polar surface area (TPSA) is 89.3 Å². The molecule has 9 nitrogen and oxygen atoms in total. The number of fused-ring (bicyclic) bond motifs is 1. The number of aromatic nitrogens is 5. The number of piperazine rings is 1. The fraction of sp³-hybridized carbons (Fsp3) is 0.450. The minimum atomic E-state index is -0.371. The van der Waals surface area contributed by atoms with E-state index >= 15 is 0 Å². The number of ether oxygens (including phenoxy) is 1. The van der Waals surface area contributed by atoms with Gasteiger partial charge in [0.1, 0.15) is 12.1 Å². The van der Waals surface area contributed by atoms with Gasteiger partial charge in [-0.1, -0.05) is 32.1 Å². The van der Waals surface area contributed by atoms with Crippen LogP contribution in [0.15, 0.2) is 30.6 Å². The number of carbonyl (C=O) groups is 1. The molecule has 1 amide bonds. The van der Waals surface area contributed by atoms with Crippen molar-refractivity contribution in [1.29, 1.82) is 0 Å². The van der Waals surface area contributed by atoms with E-state index in [9.17, 15) is 4.79 Å². The van der Waals surface area contributed by atoms with E-state index < -0.39 is 0 Å². The van der Waals surface area contributed by atoms with Gasteiger partial charge in [-0.15, -0.1) is 5.10 Å². The normalized spacial score (nSPS) is 15.0. The molecule has 0 unspecified atom stereocenters. The van der Waals surface area contributed by atoms with Crippen molar-refractivity contribution >= 4 is 22.9 Å². The average molecular weight is 395 g/mol. The van der Waals surface area contributed by atoms with Gasteiger partial charge in [0.15, 0.2) is 17.0 Å². The van der Waals surface area contributed by atoms with Gasteiger partial charge in [0.25, 0.3) is 0 Å². The van der Waals surface area contributed by atoms with Gasteiger partial charge in [0, 0.05) is 37.7 Å². The van der Waals surface area contributed by atoms with Crippen molar-refractivity contribution in [3.63, 3.8) is 0 Å². The molecule has 0 aliphatic carbocycles. The van der Waals surface area contributed by atoms with E-state index in [1.807, 2.05) is 49.9 Å². The second-order valence-corrected chi connectivity index (χ2v) is 8.10. The molecule has 0 radical (unpaired) electrons. The Morgan fingerprint density at radius 2 is 1.86 bits per heavy atom. The van der Waals surface area contributed by atoms with E-state index in [-0.39, 0.29) is 11.3 Å². The summed E-state index contributed by atoms with van der Waals surface area (Å²) in [6, 6.07) is 7.58. The number of carbonyl (C=O) groups excluding carboxylic acids is 1. The van der Waals surface area contributed by atoms with Crippen LogP contribution in [0, 0.1) is 5.41 Å². The molecule has 1 aromatic carbocycles. The van der Waals surface area contributed by atoms with Crippen LogP contribution in [0.5, 0.6) is 5.75 Å². The third-order valence-corrected chi connectivity index (χ3v) is 5.02. The summed E-state index contributed by atoms with van der Waals surface area (Å²) in [7, 11) is 1.63. The number of rotatable bonds is 3. The maximum atomic E-state index is 12.5. The van der Waals surface area contributed by atoms with E-state index in [4.69, 9.17) is 4.74 Å². The highest BCUT2D eigenvalue weighted by molar-refractivity contribution is 5.84. The molecule has 29 heavy (non-hydrogen) atoms. The maximum absolute atomic E-state index is 12.5. The first kappa shape index (κ1) is 19.1. The number of hydrogen-bond acceptors (Lipinski definition) is 7. The Kier molecular flexibility index (Phi) is 4.81. The maximum Gasteiger partial charge on any atom is 0.228 e. The van der Waals surface area contributed by atoms with Crippen LogP contribution in [0.1, 0.15) is 20.8 Å². The molecule has 0 atom stereocenters. The number of nitrogens with zero attached hydrogens (tertiary/aromatic N) is 7. The summed E-state index contributed by atoms with van der Waals surface area (Å²) in [6.45, 7) is 8.56. The van der Waals surface area contributed by atoms with Crippen molar-refractivity contribution in [2.75, 3.05) is 38.2 Å². The third kappa shape index (κ3) is 3.59. The van der Waals surface area contributed by atoms with Gasteiger partial charge >= 0.3 is 0 Å². The summed E-state index contributed by atoms with van der Waals surface area (Å²) in [5, 5.41) is 8.63. The van der Waals surface area contributed by atoms with Crippen LogP contribution in [0.3, 0.4) is 0 Å². The van der Waals surface area contributed by atoms with Crippen molar-refractivity contribution in [3.8, 4) is 11.4 Å². The quantitative estimate of drug-likeness (QED) is 0.669. The van der Waals surface area contributed by atoms with Crippen molar-refractivity contribution < 1.29 is 9.53 Å². The van der Waals surface area contributed by atoms with Crippen molar-refractivity contribution in [2.24, 2.45) is 5.41 Å². The smallest absolute Gasteiger partial charge is 0.228 e.